The maximum atomic E-state index is 13.0. The molecule has 1 aromatic carbocycles. The van der Waals surface area contributed by atoms with Gasteiger partial charge in [-0.3, -0.25) is 4.79 Å². The molecule has 3 nitrogen and oxygen atoms in total. The van der Waals surface area contributed by atoms with Crippen LogP contribution < -0.4 is 10.6 Å². The van der Waals surface area contributed by atoms with Gasteiger partial charge < -0.3 is 10.6 Å². The molecule has 0 spiro atoms. The number of benzene rings is 1. The van der Waals surface area contributed by atoms with Crippen molar-refractivity contribution in [3.63, 3.8) is 0 Å². The molecular formula is C11H14ClFN2O. The van der Waals surface area contributed by atoms with E-state index in [-0.39, 0.29) is 30.7 Å². The summed E-state index contributed by atoms with van der Waals surface area (Å²) in [4.78, 5) is 13.2. The summed E-state index contributed by atoms with van der Waals surface area (Å²) >= 11 is 0. The summed E-state index contributed by atoms with van der Waals surface area (Å²) in [6, 6.07) is 4.52. The average molecular weight is 245 g/mol. The molecule has 0 fully saturated rings. The van der Waals surface area contributed by atoms with Gasteiger partial charge in [0.1, 0.15) is 5.82 Å². The zero-order chi connectivity index (χ0) is 10.8. The molecule has 0 radical (unpaired) electrons. The minimum atomic E-state index is -0.254. The van der Waals surface area contributed by atoms with Gasteiger partial charge in [-0.2, -0.15) is 0 Å². The van der Waals surface area contributed by atoms with Crippen molar-refractivity contribution < 1.29 is 9.18 Å². The van der Waals surface area contributed by atoms with Crippen LogP contribution >= 0.6 is 12.4 Å². The highest BCUT2D eigenvalue weighted by molar-refractivity contribution is 5.95. The number of anilines is 1. The second-order valence-corrected chi connectivity index (χ2v) is 3.63. The van der Waals surface area contributed by atoms with Gasteiger partial charge in [-0.25, -0.2) is 4.39 Å². The Morgan fingerprint density at radius 3 is 2.94 bits per heavy atom. The first kappa shape index (κ1) is 12.9. The van der Waals surface area contributed by atoms with Gasteiger partial charge in [0.15, 0.2) is 0 Å². The number of nitrogens with two attached hydrogens (primary N) is 1. The Morgan fingerprint density at radius 2 is 2.25 bits per heavy atom. The molecule has 5 heteroatoms. The van der Waals surface area contributed by atoms with Crippen LogP contribution in [0, 0.1) is 5.82 Å². The van der Waals surface area contributed by atoms with Gasteiger partial charge in [0.05, 0.1) is 6.54 Å². The standard InChI is InChI=1S/C11H13FN2O.ClH/c12-9-3-4-10-8(6-9)2-1-5-14(10)11(15)7-13;/h3-4,6H,1-2,5,7,13H2;1H. The second-order valence-electron chi connectivity index (χ2n) is 3.63. The van der Waals surface area contributed by atoms with Crippen LogP contribution in [-0.2, 0) is 11.2 Å². The molecule has 2 N–H and O–H groups in total. The predicted octanol–water partition coefficient (Wildman–Crippen LogP) is 1.49. The van der Waals surface area contributed by atoms with Gasteiger partial charge in [-0.15, -0.1) is 12.4 Å². The maximum Gasteiger partial charge on any atom is 0.240 e. The van der Waals surface area contributed by atoms with Crippen LogP contribution in [0.5, 0.6) is 0 Å². The maximum absolute atomic E-state index is 13.0. The number of aryl methyl sites for hydroxylation is 1. The number of carbonyl (C=O) groups excluding carboxylic acids is 1. The van der Waals surface area contributed by atoms with Gasteiger partial charge in [-0.05, 0) is 36.6 Å². The summed E-state index contributed by atoms with van der Waals surface area (Å²) < 4.78 is 13.0. The van der Waals surface area contributed by atoms with Gasteiger partial charge in [0.25, 0.3) is 0 Å². The van der Waals surface area contributed by atoms with E-state index in [0.29, 0.717) is 6.54 Å². The Balaban J connectivity index is 0.00000128. The highest BCUT2D eigenvalue weighted by Crippen LogP contribution is 2.27. The molecule has 0 aliphatic carbocycles. The van der Waals surface area contributed by atoms with Crippen LogP contribution in [0.3, 0.4) is 0 Å². The van der Waals surface area contributed by atoms with Gasteiger partial charge >= 0.3 is 0 Å². The summed E-state index contributed by atoms with van der Waals surface area (Å²) in [7, 11) is 0. The van der Waals surface area contributed by atoms with Crippen LogP contribution in [0.2, 0.25) is 0 Å². The first-order chi connectivity index (χ1) is 7.22. The third kappa shape index (κ3) is 2.33. The third-order valence-corrected chi connectivity index (χ3v) is 2.64. The molecule has 88 valence electrons. The molecule has 0 saturated heterocycles. The van der Waals surface area contributed by atoms with E-state index in [0.717, 1.165) is 24.1 Å². The van der Waals surface area contributed by atoms with Crippen molar-refractivity contribution >= 4 is 24.0 Å². The lowest BCUT2D eigenvalue weighted by molar-refractivity contribution is -0.117. The van der Waals surface area contributed by atoms with Crippen LogP contribution in [0.4, 0.5) is 10.1 Å². The number of rotatable bonds is 1. The predicted molar refractivity (Wildman–Crippen MR) is 63.4 cm³/mol. The quantitative estimate of drug-likeness (QED) is 0.814. The van der Waals surface area contributed by atoms with Crippen LogP contribution in [-0.4, -0.2) is 19.0 Å². The van der Waals surface area contributed by atoms with Gasteiger partial charge in [0, 0.05) is 12.2 Å². The van der Waals surface area contributed by atoms with Crippen LogP contribution in [0.1, 0.15) is 12.0 Å². The highest BCUT2D eigenvalue weighted by Gasteiger charge is 2.21. The summed E-state index contributed by atoms with van der Waals surface area (Å²) in [6.45, 7) is 0.672. The molecule has 2 rings (SSSR count). The van der Waals surface area contributed by atoms with E-state index in [4.69, 9.17) is 5.73 Å². The lowest BCUT2D eigenvalue weighted by Gasteiger charge is -2.29. The molecule has 0 unspecified atom stereocenters. The molecule has 1 aromatic rings. The topological polar surface area (TPSA) is 46.3 Å². The number of amides is 1. The average Bonchev–Trinajstić information content (AvgIpc) is 2.26. The normalized spacial score (nSPS) is 14.0. The van der Waals surface area contributed by atoms with E-state index >= 15 is 0 Å². The Bertz CT molecular complexity index is 398. The fraction of sp³-hybridized carbons (Fsp3) is 0.364. The largest absolute Gasteiger partial charge is 0.322 e. The van der Waals surface area contributed by atoms with Crippen LogP contribution in [0.25, 0.3) is 0 Å². The number of nitrogens with zero attached hydrogens (tertiary/aromatic N) is 1. The lowest BCUT2D eigenvalue weighted by atomic mass is 10.0. The van der Waals surface area contributed by atoms with E-state index < -0.39 is 0 Å². The SMILES string of the molecule is Cl.NCC(=O)N1CCCc2cc(F)ccc21. The molecule has 1 aliphatic heterocycles. The molecule has 0 saturated carbocycles. The van der Waals surface area contributed by atoms with Gasteiger partial charge in [0.2, 0.25) is 5.91 Å². The summed E-state index contributed by atoms with van der Waals surface area (Å²) in [6.07, 6.45) is 1.68. The van der Waals surface area contributed by atoms with E-state index in [2.05, 4.69) is 0 Å². The summed E-state index contributed by atoms with van der Waals surface area (Å²) in [5.74, 6) is -0.363. The first-order valence-corrected chi connectivity index (χ1v) is 5.01. The molecule has 16 heavy (non-hydrogen) atoms. The number of halogens is 2. The molecule has 0 bridgehead atoms. The van der Waals surface area contributed by atoms with Crippen molar-refractivity contribution in [2.45, 2.75) is 12.8 Å². The van der Waals surface area contributed by atoms with E-state index in [1.807, 2.05) is 0 Å². The van der Waals surface area contributed by atoms with Crippen molar-refractivity contribution in [1.82, 2.24) is 0 Å². The summed E-state index contributed by atoms with van der Waals surface area (Å²) in [5, 5.41) is 0. The van der Waals surface area contributed by atoms with Gasteiger partial charge in [-0.1, -0.05) is 0 Å². The van der Waals surface area contributed by atoms with Crippen molar-refractivity contribution in [2.24, 2.45) is 5.73 Å². The molecule has 0 aromatic heterocycles. The molecule has 1 aliphatic rings. The fourth-order valence-electron chi connectivity index (χ4n) is 1.93. The minimum Gasteiger partial charge on any atom is -0.322 e. The first-order valence-electron chi connectivity index (χ1n) is 5.01. The number of hydrogen-bond acceptors (Lipinski definition) is 2. The molecular weight excluding hydrogens is 231 g/mol. The van der Waals surface area contributed by atoms with Crippen molar-refractivity contribution in [1.29, 1.82) is 0 Å². The van der Waals surface area contributed by atoms with Crippen LogP contribution in [0.15, 0.2) is 18.2 Å². The lowest BCUT2D eigenvalue weighted by Crippen LogP contribution is -2.39. The van der Waals surface area contributed by atoms with E-state index in [9.17, 15) is 9.18 Å². The fourth-order valence-corrected chi connectivity index (χ4v) is 1.93. The zero-order valence-electron chi connectivity index (χ0n) is 8.78. The monoisotopic (exact) mass is 244 g/mol. The summed E-state index contributed by atoms with van der Waals surface area (Å²) in [5.41, 5.74) is 7.02. The number of carbonyl (C=O) groups is 1. The Kier molecular flexibility index (Phi) is 4.26. The number of hydrogen-bond donors (Lipinski definition) is 1. The number of fused-ring (bicyclic) bond motifs is 1. The van der Waals surface area contributed by atoms with Crippen molar-refractivity contribution in [3.8, 4) is 0 Å². The molecule has 0 atom stereocenters. The minimum absolute atomic E-state index is 0. The Hall–Kier alpha value is -1.13. The van der Waals surface area contributed by atoms with E-state index in [1.165, 1.54) is 12.1 Å². The third-order valence-electron chi connectivity index (χ3n) is 2.64. The Morgan fingerprint density at radius 1 is 1.50 bits per heavy atom. The van der Waals surface area contributed by atoms with Crippen molar-refractivity contribution in [2.75, 3.05) is 18.0 Å². The highest BCUT2D eigenvalue weighted by atomic mass is 35.5. The smallest absolute Gasteiger partial charge is 0.240 e. The molecule has 1 heterocycles. The van der Waals surface area contributed by atoms with Crippen molar-refractivity contribution in [3.05, 3.63) is 29.6 Å². The zero-order valence-corrected chi connectivity index (χ0v) is 9.60. The van der Waals surface area contributed by atoms with E-state index in [1.54, 1.807) is 11.0 Å². The Labute approximate surface area is 99.8 Å². The molecule has 1 amide bonds. The second kappa shape index (κ2) is 5.27.